The molecule has 1 amide bonds. The fourth-order valence-corrected chi connectivity index (χ4v) is 4.97. The van der Waals surface area contributed by atoms with Gasteiger partial charge in [-0.05, 0) is 55.5 Å². The minimum Gasteiger partial charge on any atom is -0.350 e. The summed E-state index contributed by atoms with van der Waals surface area (Å²) in [6.45, 7) is 2.87. The molecule has 0 N–H and O–H groups in total. The number of halogens is 3. The molecule has 0 spiro atoms. The lowest BCUT2D eigenvalue weighted by atomic mass is 9.88. The second-order valence-corrected chi connectivity index (χ2v) is 8.93. The number of piperidine rings is 1. The van der Waals surface area contributed by atoms with Crippen LogP contribution in [0.1, 0.15) is 45.9 Å². The summed E-state index contributed by atoms with van der Waals surface area (Å²) in [7, 11) is 2.02. The van der Waals surface area contributed by atoms with Crippen LogP contribution in [-0.4, -0.2) is 38.2 Å². The average molecular weight is 467 g/mol. The second kappa shape index (κ2) is 8.34. The van der Waals surface area contributed by atoms with Crippen LogP contribution in [0.4, 0.5) is 13.2 Å². The maximum atomic E-state index is 14.0. The van der Waals surface area contributed by atoms with E-state index < -0.39 is 23.3 Å². The number of hydrogen-bond donors (Lipinski definition) is 0. The first-order chi connectivity index (χ1) is 16.2. The van der Waals surface area contributed by atoms with Crippen molar-refractivity contribution in [1.82, 2.24) is 19.2 Å². The Kier molecular flexibility index (Phi) is 5.46. The smallest absolute Gasteiger partial charge is 0.350 e. The second-order valence-electron chi connectivity index (χ2n) is 8.93. The van der Waals surface area contributed by atoms with Crippen LogP contribution in [0.2, 0.25) is 0 Å². The van der Waals surface area contributed by atoms with Crippen molar-refractivity contribution in [3.63, 3.8) is 0 Å². The largest absolute Gasteiger partial charge is 0.434 e. The molecule has 3 heterocycles. The monoisotopic (exact) mass is 466 g/mol. The van der Waals surface area contributed by atoms with Crippen molar-refractivity contribution in [2.45, 2.75) is 31.9 Å². The van der Waals surface area contributed by atoms with Gasteiger partial charge in [0.2, 0.25) is 0 Å². The number of rotatable bonds is 3. The number of hydrogen-bond acceptors (Lipinski definition) is 2. The lowest BCUT2D eigenvalue weighted by Crippen LogP contribution is -2.38. The third-order valence-corrected chi connectivity index (χ3v) is 6.67. The minimum absolute atomic E-state index is 0.253. The molecular weight excluding hydrogens is 441 g/mol. The van der Waals surface area contributed by atoms with Gasteiger partial charge in [-0.25, -0.2) is 4.68 Å². The number of aryl methyl sites for hydroxylation is 2. The standard InChI is InChI=1S/C26H25F3N4O/c1-17-8-9-23-20(14-17)22(16-31(23)2)18-10-12-32(13-11-18)25(34)21-15-30-33(24(21)26(27,28)29)19-6-4-3-5-7-19/h3-9,14-16,18H,10-13H2,1-2H3. The van der Waals surface area contributed by atoms with E-state index in [4.69, 9.17) is 0 Å². The first kappa shape index (κ1) is 22.3. The van der Waals surface area contributed by atoms with E-state index in [1.54, 1.807) is 18.2 Å². The Hall–Kier alpha value is -3.55. The highest BCUT2D eigenvalue weighted by atomic mass is 19.4. The molecule has 176 valence electrons. The van der Waals surface area contributed by atoms with Gasteiger partial charge < -0.3 is 9.47 Å². The molecule has 5 nitrogen and oxygen atoms in total. The zero-order valence-corrected chi connectivity index (χ0v) is 19.0. The maximum Gasteiger partial charge on any atom is 0.434 e. The van der Waals surface area contributed by atoms with Crippen molar-refractivity contribution >= 4 is 16.8 Å². The molecule has 8 heteroatoms. The van der Waals surface area contributed by atoms with Crippen LogP contribution < -0.4 is 0 Å². The highest BCUT2D eigenvalue weighted by Crippen LogP contribution is 2.37. The Morgan fingerprint density at radius 1 is 1.06 bits per heavy atom. The Morgan fingerprint density at radius 2 is 1.76 bits per heavy atom. The van der Waals surface area contributed by atoms with Crippen LogP contribution in [0.3, 0.4) is 0 Å². The molecule has 2 aromatic heterocycles. The summed E-state index contributed by atoms with van der Waals surface area (Å²) in [5.74, 6) is -0.370. The van der Waals surface area contributed by atoms with E-state index >= 15 is 0 Å². The van der Waals surface area contributed by atoms with Crippen molar-refractivity contribution in [2.24, 2.45) is 7.05 Å². The average Bonchev–Trinajstić information content (AvgIpc) is 3.41. The van der Waals surface area contributed by atoms with Crippen LogP contribution in [0, 0.1) is 6.92 Å². The number of para-hydroxylation sites is 1. The van der Waals surface area contributed by atoms with E-state index in [1.165, 1.54) is 33.5 Å². The summed E-state index contributed by atoms with van der Waals surface area (Å²) in [6.07, 6.45) is -0.133. The Balaban J connectivity index is 1.39. The molecule has 0 atom stereocenters. The van der Waals surface area contributed by atoms with Gasteiger partial charge in [0.15, 0.2) is 5.69 Å². The first-order valence-electron chi connectivity index (χ1n) is 11.3. The highest BCUT2D eigenvalue weighted by Gasteiger charge is 2.42. The minimum atomic E-state index is -4.71. The number of carbonyl (C=O) groups excluding carboxylic acids is 1. The summed E-state index contributed by atoms with van der Waals surface area (Å²) in [5, 5.41) is 5.13. The van der Waals surface area contributed by atoms with Gasteiger partial charge in [0.05, 0.1) is 17.4 Å². The summed E-state index contributed by atoms with van der Waals surface area (Å²) in [6, 6.07) is 14.4. The van der Waals surface area contributed by atoms with Crippen molar-refractivity contribution in [3.8, 4) is 5.69 Å². The molecule has 0 saturated carbocycles. The normalized spacial score (nSPS) is 15.3. The van der Waals surface area contributed by atoms with Gasteiger partial charge >= 0.3 is 6.18 Å². The summed E-state index contributed by atoms with van der Waals surface area (Å²) < 4.78 is 44.9. The van der Waals surface area contributed by atoms with Crippen molar-refractivity contribution in [3.05, 3.63) is 83.3 Å². The van der Waals surface area contributed by atoms with Crippen molar-refractivity contribution in [1.29, 1.82) is 0 Å². The fraction of sp³-hybridized carbons (Fsp3) is 0.308. The molecular formula is C26H25F3N4O. The molecule has 34 heavy (non-hydrogen) atoms. The van der Waals surface area contributed by atoms with Crippen LogP contribution in [-0.2, 0) is 13.2 Å². The number of carbonyl (C=O) groups is 1. The molecule has 1 saturated heterocycles. The number of aromatic nitrogens is 3. The van der Waals surface area contributed by atoms with Gasteiger partial charge in [-0.3, -0.25) is 4.79 Å². The number of amides is 1. The molecule has 0 aliphatic carbocycles. The molecule has 5 rings (SSSR count). The number of benzene rings is 2. The molecule has 1 fully saturated rings. The number of fused-ring (bicyclic) bond motifs is 1. The molecule has 1 aliphatic rings. The molecule has 2 aromatic carbocycles. The zero-order valence-electron chi connectivity index (χ0n) is 19.0. The number of alkyl halides is 3. The predicted molar refractivity (Wildman–Crippen MR) is 124 cm³/mol. The van der Waals surface area contributed by atoms with Crippen LogP contribution in [0.15, 0.2) is 60.9 Å². The van der Waals surface area contributed by atoms with Crippen LogP contribution in [0.5, 0.6) is 0 Å². The van der Waals surface area contributed by atoms with Gasteiger partial charge in [0, 0.05) is 37.2 Å². The highest BCUT2D eigenvalue weighted by molar-refractivity contribution is 5.95. The molecule has 1 aliphatic heterocycles. The van der Waals surface area contributed by atoms with E-state index in [0.717, 1.165) is 16.4 Å². The third-order valence-electron chi connectivity index (χ3n) is 6.67. The van der Waals surface area contributed by atoms with E-state index in [2.05, 4.69) is 41.0 Å². The van der Waals surface area contributed by atoms with Crippen molar-refractivity contribution < 1.29 is 18.0 Å². The maximum absolute atomic E-state index is 14.0. The van der Waals surface area contributed by atoms with Gasteiger partial charge in [-0.1, -0.05) is 29.8 Å². The van der Waals surface area contributed by atoms with Gasteiger partial charge in [-0.15, -0.1) is 0 Å². The van der Waals surface area contributed by atoms with Crippen LogP contribution in [0.25, 0.3) is 16.6 Å². The summed E-state index contributed by atoms with van der Waals surface area (Å²) in [5.41, 5.74) is 2.40. The van der Waals surface area contributed by atoms with Gasteiger partial charge in [0.1, 0.15) is 0 Å². The summed E-state index contributed by atoms with van der Waals surface area (Å²) in [4.78, 5) is 14.7. The lowest BCUT2D eigenvalue weighted by molar-refractivity contribution is -0.143. The fourth-order valence-electron chi connectivity index (χ4n) is 4.97. The Bertz CT molecular complexity index is 1350. The number of nitrogens with zero attached hydrogens (tertiary/aromatic N) is 4. The molecule has 0 radical (unpaired) electrons. The number of likely N-dealkylation sites (tertiary alicyclic amines) is 1. The Morgan fingerprint density at radius 3 is 2.44 bits per heavy atom. The first-order valence-corrected chi connectivity index (χ1v) is 11.3. The zero-order chi connectivity index (χ0) is 24.0. The van der Waals surface area contributed by atoms with Gasteiger partial charge in [-0.2, -0.15) is 18.3 Å². The molecule has 4 aromatic rings. The SMILES string of the molecule is Cc1ccc2c(c1)c(C1CCN(C(=O)c3cnn(-c4ccccc4)c3C(F)(F)F)CC1)cn2C. The molecule has 0 bridgehead atoms. The third kappa shape index (κ3) is 3.87. The summed E-state index contributed by atoms with van der Waals surface area (Å²) >= 11 is 0. The lowest BCUT2D eigenvalue weighted by Gasteiger charge is -2.32. The van der Waals surface area contributed by atoms with Crippen LogP contribution >= 0.6 is 0 Å². The topological polar surface area (TPSA) is 43.1 Å². The van der Waals surface area contributed by atoms with E-state index in [0.29, 0.717) is 25.9 Å². The Labute approximate surface area is 195 Å². The van der Waals surface area contributed by atoms with E-state index in [9.17, 15) is 18.0 Å². The quantitative estimate of drug-likeness (QED) is 0.388. The van der Waals surface area contributed by atoms with E-state index in [1.807, 2.05) is 7.05 Å². The van der Waals surface area contributed by atoms with Gasteiger partial charge in [0.25, 0.3) is 5.91 Å². The van der Waals surface area contributed by atoms with Crippen molar-refractivity contribution in [2.75, 3.05) is 13.1 Å². The molecule has 0 unspecified atom stereocenters. The van der Waals surface area contributed by atoms with E-state index in [-0.39, 0.29) is 11.6 Å². The predicted octanol–water partition coefficient (Wildman–Crippen LogP) is 5.71.